The first-order chi connectivity index (χ1) is 6.77. The third-order valence-corrected chi connectivity index (χ3v) is 2.02. The maximum atomic E-state index is 9.50. The van der Waals surface area contributed by atoms with Crippen molar-refractivity contribution in [2.24, 2.45) is 0 Å². The average Bonchev–Trinajstić information content (AvgIpc) is 2.20. The number of nitrogens with zero attached hydrogens (tertiary/aromatic N) is 1. The molecule has 0 aromatic rings. The van der Waals surface area contributed by atoms with E-state index in [2.05, 4.69) is 0 Å². The second-order valence-corrected chi connectivity index (χ2v) is 3.01. The molecule has 2 rings (SSSR count). The van der Waals surface area contributed by atoms with E-state index in [9.17, 15) is 5.21 Å². The van der Waals surface area contributed by atoms with Crippen molar-refractivity contribution in [3.05, 3.63) is 60.0 Å². The summed E-state index contributed by atoms with van der Waals surface area (Å²) in [5, 5.41) is 17.9. The molecule has 0 saturated carbocycles. The Kier molecular flexibility index (Phi) is 2.16. The topological polar surface area (TPSA) is 47.3 Å². The fourth-order valence-electron chi connectivity index (χ4n) is 1.30. The standard InChI is InChI=1S/C11H10N2O/c12-10-6-4-9(5-7-10)11-3-1-2-8-13(11)14/h1-8,12,14H. The normalized spacial score (nSPS) is 19.8. The maximum Gasteiger partial charge on any atom is 0.0758 e. The zero-order chi connectivity index (χ0) is 9.97. The van der Waals surface area contributed by atoms with Crippen LogP contribution in [0.15, 0.2) is 60.0 Å². The Bertz CT molecular complexity index is 393. The Hall–Kier alpha value is -1.87. The summed E-state index contributed by atoms with van der Waals surface area (Å²) in [5.41, 5.74) is 2.07. The first-order valence-electron chi connectivity index (χ1n) is 4.29. The molecule has 0 aromatic heterocycles. The number of rotatable bonds is 0. The van der Waals surface area contributed by atoms with E-state index >= 15 is 0 Å². The van der Waals surface area contributed by atoms with Gasteiger partial charge in [0.2, 0.25) is 0 Å². The van der Waals surface area contributed by atoms with Gasteiger partial charge >= 0.3 is 0 Å². The third kappa shape index (κ3) is 1.58. The van der Waals surface area contributed by atoms with Gasteiger partial charge in [0.05, 0.1) is 11.4 Å². The molecule has 0 radical (unpaired) electrons. The Morgan fingerprint density at radius 2 is 1.71 bits per heavy atom. The lowest BCUT2D eigenvalue weighted by Crippen LogP contribution is -2.13. The Morgan fingerprint density at radius 3 is 2.36 bits per heavy atom. The molecular weight excluding hydrogens is 176 g/mol. The molecule has 70 valence electrons. The highest BCUT2D eigenvalue weighted by Gasteiger charge is 2.08. The summed E-state index contributed by atoms with van der Waals surface area (Å²) < 4.78 is 0. The highest BCUT2D eigenvalue weighted by atomic mass is 16.5. The van der Waals surface area contributed by atoms with Crippen LogP contribution in [-0.2, 0) is 0 Å². The summed E-state index contributed by atoms with van der Waals surface area (Å²) in [5.74, 6) is 0. The smallest absolute Gasteiger partial charge is 0.0758 e. The Balaban J connectivity index is 2.37. The van der Waals surface area contributed by atoms with E-state index in [0.717, 1.165) is 10.6 Å². The number of allylic oxidation sites excluding steroid dienone is 8. The van der Waals surface area contributed by atoms with E-state index in [4.69, 9.17) is 5.41 Å². The minimum atomic E-state index is 0.467. The van der Waals surface area contributed by atoms with Crippen LogP contribution in [0.5, 0.6) is 0 Å². The monoisotopic (exact) mass is 186 g/mol. The van der Waals surface area contributed by atoms with Crippen molar-refractivity contribution in [3.8, 4) is 0 Å². The fourth-order valence-corrected chi connectivity index (χ4v) is 1.30. The highest BCUT2D eigenvalue weighted by molar-refractivity contribution is 6.03. The van der Waals surface area contributed by atoms with Gasteiger partial charge in [-0.15, -0.1) is 0 Å². The van der Waals surface area contributed by atoms with Crippen molar-refractivity contribution < 1.29 is 5.21 Å². The second kappa shape index (κ2) is 3.47. The Morgan fingerprint density at radius 1 is 1.00 bits per heavy atom. The molecule has 0 saturated heterocycles. The predicted molar refractivity (Wildman–Crippen MR) is 54.9 cm³/mol. The van der Waals surface area contributed by atoms with E-state index in [1.807, 2.05) is 24.3 Å². The van der Waals surface area contributed by atoms with E-state index in [1.165, 1.54) is 0 Å². The van der Waals surface area contributed by atoms with Gasteiger partial charge in [-0.2, -0.15) is 0 Å². The minimum absolute atomic E-state index is 0.467. The Labute approximate surface area is 82.1 Å². The van der Waals surface area contributed by atoms with Gasteiger partial charge in [0, 0.05) is 11.8 Å². The highest BCUT2D eigenvalue weighted by Crippen LogP contribution is 2.18. The van der Waals surface area contributed by atoms with Crippen molar-refractivity contribution in [1.29, 1.82) is 5.41 Å². The molecule has 0 aromatic carbocycles. The molecule has 2 aliphatic rings. The lowest BCUT2D eigenvalue weighted by Gasteiger charge is -2.18. The zero-order valence-corrected chi connectivity index (χ0v) is 7.51. The summed E-state index contributed by atoms with van der Waals surface area (Å²) in [7, 11) is 0. The van der Waals surface area contributed by atoms with Gasteiger partial charge in [-0.25, -0.2) is 5.06 Å². The van der Waals surface area contributed by atoms with Crippen LogP contribution in [0, 0.1) is 5.41 Å². The van der Waals surface area contributed by atoms with E-state index in [1.54, 1.807) is 24.4 Å². The summed E-state index contributed by atoms with van der Waals surface area (Å²) in [6, 6.07) is 0. The van der Waals surface area contributed by atoms with Crippen LogP contribution in [0.2, 0.25) is 0 Å². The lowest BCUT2D eigenvalue weighted by atomic mass is 10.1. The molecule has 0 bridgehead atoms. The van der Waals surface area contributed by atoms with Crippen molar-refractivity contribution in [2.75, 3.05) is 0 Å². The molecule has 2 N–H and O–H groups in total. The van der Waals surface area contributed by atoms with Crippen LogP contribution >= 0.6 is 0 Å². The summed E-state index contributed by atoms with van der Waals surface area (Å²) in [6.07, 6.45) is 14.0. The van der Waals surface area contributed by atoms with Gasteiger partial charge in [0.25, 0.3) is 0 Å². The predicted octanol–water partition coefficient (Wildman–Crippen LogP) is 2.16. The van der Waals surface area contributed by atoms with Crippen molar-refractivity contribution in [3.63, 3.8) is 0 Å². The number of hydroxylamine groups is 2. The van der Waals surface area contributed by atoms with E-state index in [0.29, 0.717) is 11.4 Å². The van der Waals surface area contributed by atoms with Gasteiger partial charge in [-0.3, -0.25) is 5.21 Å². The van der Waals surface area contributed by atoms with Crippen molar-refractivity contribution in [2.45, 2.75) is 0 Å². The summed E-state index contributed by atoms with van der Waals surface area (Å²) >= 11 is 0. The summed E-state index contributed by atoms with van der Waals surface area (Å²) in [4.78, 5) is 0. The first kappa shape index (κ1) is 8.72. The van der Waals surface area contributed by atoms with Gasteiger partial charge in [0.1, 0.15) is 0 Å². The first-order valence-corrected chi connectivity index (χ1v) is 4.29. The van der Waals surface area contributed by atoms with Crippen LogP contribution in [0.25, 0.3) is 0 Å². The molecule has 1 aliphatic carbocycles. The van der Waals surface area contributed by atoms with Gasteiger partial charge < -0.3 is 5.41 Å². The molecule has 0 amide bonds. The number of hydrogen-bond acceptors (Lipinski definition) is 3. The maximum absolute atomic E-state index is 9.50. The van der Waals surface area contributed by atoms with Gasteiger partial charge in [-0.05, 0) is 24.3 Å². The molecule has 0 unspecified atom stereocenters. The number of nitrogens with one attached hydrogen (secondary N) is 1. The molecule has 0 atom stereocenters. The summed E-state index contributed by atoms with van der Waals surface area (Å²) in [6.45, 7) is 0. The lowest BCUT2D eigenvalue weighted by molar-refractivity contribution is -0.000827. The molecule has 0 fully saturated rings. The van der Waals surface area contributed by atoms with E-state index < -0.39 is 0 Å². The SMILES string of the molecule is N=C1C=CC(=C2C=CC=CN2O)C=C1. The van der Waals surface area contributed by atoms with Crippen LogP contribution in [0.3, 0.4) is 0 Å². The van der Waals surface area contributed by atoms with Crippen molar-refractivity contribution in [1.82, 2.24) is 5.06 Å². The van der Waals surface area contributed by atoms with Crippen LogP contribution in [0.1, 0.15) is 0 Å². The van der Waals surface area contributed by atoms with Crippen LogP contribution in [-0.4, -0.2) is 16.0 Å². The van der Waals surface area contributed by atoms with Gasteiger partial charge in [0.15, 0.2) is 0 Å². The molecule has 1 aliphatic heterocycles. The third-order valence-electron chi connectivity index (χ3n) is 2.02. The largest absolute Gasteiger partial charge is 0.301 e. The van der Waals surface area contributed by atoms with Crippen LogP contribution < -0.4 is 0 Å². The minimum Gasteiger partial charge on any atom is -0.301 e. The molecule has 3 heteroatoms. The van der Waals surface area contributed by atoms with Crippen LogP contribution in [0.4, 0.5) is 0 Å². The van der Waals surface area contributed by atoms with Gasteiger partial charge in [-0.1, -0.05) is 18.2 Å². The van der Waals surface area contributed by atoms with Crippen molar-refractivity contribution >= 4 is 5.71 Å². The molecule has 1 heterocycles. The molecule has 0 spiro atoms. The average molecular weight is 186 g/mol. The quantitative estimate of drug-likeness (QED) is 0.609. The van der Waals surface area contributed by atoms with E-state index in [-0.39, 0.29) is 0 Å². The second-order valence-electron chi connectivity index (χ2n) is 3.01. The number of hydrogen-bond donors (Lipinski definition) is 2. The molecule has 3 nitrogen and oxygen atoms in total. The molecule has 14 heavy (non-hydrogen) atoms. The zero-order valence-electron chi connectivity index (χ0n) is 7.51. The fraction of sp³-hybridized carbons (Fsp3) is 0. The molecular formula is C11H10N2O.